The first kappa shape index (κ1) is 11.5. The van der Waals surface area contributed by atoms with Gasteiger partial charge in [0, 0.05) is 19.6 Å². The van der Waals surface area contributed by atoms with Crippen molar-refractivity contribution in [1.82, 2.24) is 4.90 Å². The van der Waals surface area contributed by atoms with Crippen molar-refractivity contribution < 1.29 is 9.53 Å². The molecule has 1 unspecified atom stereocenters. The van der Waals surface area contributed by atoms with E-state index >= 15 is 0 Å². The predicted molar refractivity (Wildman–Crippen MR) is 54.8 cm³/mol. The summed E-state index contributed by atoms with van der Waals surface area (Å²) in [6.45, 7) is 4.19. The minimum atomic E-state index is -0.172. The van der Waals surface area contributed by atoms with Crippen LogP contribution >= 0.6 is 0 Å². The zero-order valence-corrected chi connectivity index (χ0v) is 9.03. The molecule has 1 atom stereocenters. The number of rotatable bonds is 3. The molecule has 0 aromatic carbocycles. The van der Waals surface area contributed by atoms with Gasteiger partial charge in [-0.25, -0.2) is 0 Å². The highest BCUT2D eigenvalue weighted by atomic mass is 16.5. The number of carbonyl (C=O) groups is 1. The summed E-state index contributed by atoms with van der Waals surface area (Å²) in [5.41, 5.74) is 5.39. The Morgan fingerprint density at radius 3 is 2.64 bits per heavy atom. The normalized spacial score (nSPS) is 21.9. The molecular weight excluding hydrogens is 180 g/mol. The van der Waals surface area contributed by atoms with Crippen LogP contribution in [0.4, 0.5) is 0 Å². The van der Waals surface area contributed by atoms with E-state index in [9.17, 15) is 4.79 Å². The number of esters is 1. The van der Waals surface area contributed by atoms with Crippen molar-refractivity contribution >= 4 is 5.97 Å². The molecule has 1 rings (SSSR count). The van der Waals surface area contributed by atoms with Gasteiger partial charge in [0.25, 0.3) is 0 Å². The number of hydrogen-bond acceptors (Lipinski definition) is 4. The smallest absolute Gasteiger partial charge is 0.310 e. The molecule has 1 aliphatic rings. The van der Waals surface area contributed by atoms with Crippen molar-refractivity contribution in [3.8, 4) is 0 Å². The van der Waals surface area contributed by atoms with Gasteiger partial charge < -0.3 is 15.4 Å². The van der Waals surface area contributed by atoms with Crippen LogP contribution in [0.2, 0.25) is 0 Å². The van der Waals surface area contributed by atoms with Crippen molar-refractivity contribution in [3.05, 3.63) is 0 Å². The summed E-state index contributed by atoms with van der Waals surface area (Å²) >= 11 is 0. The van der Waals surface area contributed by atoms with E-state index in [1.807, 2.05) is 0 Å². The average Bonchev–Trinajstić information content (AvgIpc) is 2.20. The third kappa shape index (κ3) is 3.27. The molecule has 82 valence electrons. The second kappa shape index (κ2) is 5.32. The first-order valence-electron chi connectivity index (χ1n) is 5.22. The Bertz CT molecular complexity index is 189. The molecule has 0 bridgehead atoms. The van der Waals surface area contributed by atoms with Crippen LogP contribution in [0.25, 0.3) is 0 Å². The van der Waals surface area contributed by atoms with Crippen molar-refractivity contribution in [2.75, 3.05) is 26.7 Å². The minimum absolute atomic E-state index is 0.104. The van der Waals surface area contributed by atoms with E-state index in [2.05, 4.69) is 11.9 Å². The lowest BCUT2D eigenvalue weighted by molar-refractivity contribution is -0.155. The van der Waals surface area contributed by atoms with Crippen molar-refractivity contribution in [3.63, 3.8) is 0 Å². The Morgan fingerprint density at radius 2 is 2.14 bits per heavy atom. The molecule has 0 radical (unpaired) electrons. The molecule has 4 heteroatoms. The molecule has 0 spiro atoms. The molecule has 2 N–H and O–H groups in total. The zero-order chi connectivity index (χ0) is 10.6. The van der Waals surface area contributed by atoms with E-state index in [1.165, 1.54) is 0 Å². The Balaban J connectivity index is 2.27. The summed E-state index contributed by atoms with van der Waals surface area (Å²) in [5.74, 6) is -0.322. The molecule has 1 saturated heterocycles. The van der Waals surface area contributed by atoms with E-state index in [0.717, 1.165) is 25.9 Å². The van der Waals surface area contributed by atoms with Crippen molar-refractivity contribution in [2.24, 2.45) is 11.7 Å². The Labute approximate surface area is 85.4 Å². The SMILES string of the molecule is CC(CN)C(=O)OC1CCN(C)CC1. The fourth-order valence-electron chi connectivity index (χ4n) is 1.48. The van der Waals surface area contributed by atoms with Crippen LogP contribution in [0, 0.1) is 5.92 Å². The highest BCUT2D eigenvalue weighted by Crippen LogP contribution is 2.13. The second-order valence-corrected chi connectivity index (χ2v) is 4.08. The maximum absolute atomic E-state index is 11.4. The molecule has 1 fully saturated rings. The number of carbonyl (C=O) groups excluding carboxylic acids is 1. The summed E-state index contributed by atoms with van der Waals surface area (Å²) in [6, 6.07) is 0. The summed E-state index contributed by atoms with van der Waals surface area (Å²) < 4.78 is 5.35. The molecule has 0 amide bonds. The largest absolute Gasteiger partial charge is 0.462 e. The van der Waals surface area contributed by atoms with Gasteiger partial charge in [-0.05, 0) is 19.9 Å². The number of likely N-dealkylation sites (tertiary alicyclic amines) is 1. The maximum Gasteiger partial charge on any atom is 0.310 e. The van der Waals surface area contributed by atoms with Gasteiger partial charge in [0.2, 0.25) is 0 Å². The van der Waals surface area contributed by atoms with Crippen LogP contribution in [0.5, 0.6) is 0 Å². The van der Waals surface area contributed by atoms with Crippen molar-refractivity contribution in [1.29, 1.82) is 0 Å². The van der Waals surface area contributed by atoms with Crippen LogP contribution in [0.1, 0.15) is 19.8 Å². The topological polar surface area (TPSA) is 55.6 Å². The first-order chi connectivity index (χ1) is 6.63. The molecule has 1 aliphatic heterocycles. The molecule has 4 nitrogen and oxygen atoms in total. The third-order valence-corrected chi connectivity index (χ3v) is 2.70. The highest BCUT2D eigenvalue weighted by molar-refractivity contribution is 5.72. The number of ether oxygens (including phenoxy) is 1. The quantitative estimate of drug-likeness (QED) is 0.662. The monoisotopic (exact) mass is 200 g/mol. The van der Waals surface area contributed by atoms with Crippen molar-refractivity contribution in [2.45, 2.75) is 25.9 Å². The van der Waals surface area contributed by atoms with Gasteiger partial charge >= 0.3 is 5.97 Å². The van der Waals surface area contributed by atoms with E-state index in [0.29, 0.717) is 6.54 Å². The third-order valence-electron chi connectivity index (χ3n) is 2.70. The summed E-state index contributed by atoms with van der Waals surface area (Å²) in [4.78, 5) is 13.7. The van der Waals surface area contributed by atoms with E-state index in [4.69, 9.17) is 10.5 Å². The number of nitrogens with two attached hydrogens (primary N) is 1. The molecule has 0 aromatic rings. The molecule has 0 saturated carbocycles. The minimum Gasteiger partial charge on any atom is -0.462 e. The number of piperidine rings is 1. The molecular formula is C10H20N2O2. The van der Waals surface area contributed by atoms with Gasteiger partial charge in [0.1, 0.15) is 6.10 Å². The van der Waals surface area contributed by atoms with E-state index < -0.39 is 0 Å². The summed E-state index contributed by atoms with van der Waals surface area (Å²) in [5, 5.41) is 0. The predicted octanol–water partition coefficient (Wildman–Crippen LogP) is 0.219. The van der Waals surface area contributed by atoms with Gasteiger partial charge in [-0.2, -0.15) is 0 Å². The molecule has 0 aliphatic carbocycles. The average molecular weight is 200 g/mol. The van der Waals surface area contributed by atoms with Crippen LogP contribution in [-0.4, -0.2) is 43.7 Å². The van der Waals surface area contributed by atoms with Gasteiger partial charge in [-0.15, -0.1) is 0 Å². The standard InChI is InChI=1S/C10H20N2O2/c1-8(7-11)10(13)14-9-3-5-12(2)6-4-9/h8-9H,3-7,11H2,1-2H3. The molecule has 14 heavy (non-hydrogen) atoms. The lowest BCUT2D eigenvalue weighted by Gasteiger charge is -2.29. The second-order valence-electron chi connectivity index (χ2n) is 4.08. The lowest BCUT2D eigenvalue weighted by atomic mass is 10.1. The fourth-order valence-corrected chi connectivity index (χ4v) is 1.48. The summed E-state index contributed by atoms with van der Waals surface area (Å²) in [6.07, 6.45) is 1.99. The summed E-state index contributed by atoms with van der Waals surface area (Å²) in [7, 11) is 2.08. The lowest BCUT2D eigenvalue weighted by Crippen LogP contribution is -2.37. The van der Waals surface area contributed by atoms with Gasteiger partial charge in [0.05, 0.1) is 5.92 Å². The van der Waals surface area contributed by atoms with Crippen LogP contribution < -0.4 is 5.73 Å². The van der Waals surface area contributed by atoms with Gasteiger partial charge in [-0.1, -0.05) is 6.92 Å². The molecule has 1 heterocycles. The van der Waals surface area contributed by atoms with Crippen LogP contribution in [0.3, 0.4) is 0 Å². The zero-order valence-electron chi connectivity index (χ0n) is 9.03. The fraction of sp³-hybridized carbons (Fsp3) is 0.900. The van der Waals surface area contributed by atoms with Crippen LogP contribution in [0.15, 0.2) is 0 Å². The van der Waals surface area contributed by atoms with E-state index in [-0.39, 0.29) is 18.0 Å². The van der Waals surface area contributed by atoms with Crippen LogP contribution in [-0.2, 0) is 9.53 Å². The molecule has 0 aromatic heterocycles. The Hall–Kier alpha value is -0.610. The highest BCUT2D eigenvalue weighted by Gasteiger charge is 2.22. The number of nitrogens with zero attached hydrogens (tertiary/aromatic N) is 1. The Kier molecular flexibility index (Phi) is 4.35. The number of hydrogen-bond donors (Lipinski definition) is 1. The first-order valence-corrected chi connectivity index (χ1v) is 5.22. The van der Waals surface area contributed by atoms with E-state index in [1.54, 1.807) is 6.92 Å². The van der Waals surface area contributed by atoms with Gasteiger partial charge in [-0.3, -0.25) is 4.79 Å². The van der Waals surface area contributed by atoms with Gasteiger partial charge in [0.15, 0.2) is 0 Å². The maximum atomic E-state index is 11.4. The Morgan fingerprint density at radius 1 is 1.57 bits per heavy atom.